The molecule has 1 heterocycles. The van der Waals surface area contributed by atoms with Crippen molar-refractivity contribution in [3.8, 4) is 5.75 Å². The molecular formula is C25H37IN4O2. The van der Waals surface area contributed by atoms with Crippen LogP contribution in [0, 0.1) is 0 Å². The molecule has 1 aliphatic heterocycles. The summed E-state index contributed by atoms with van der Waals surface area (Å²) in [6.07, 6.45) is 0.549. The molecule has 2 N–H and O–H groups in total. The van der Waals surface area contributed by atoms with Crippen molar-refractivity contribution >= 4 is 29.9 Å². The Morgan fingerprint density at radius 3 is 2.28 bits per heavy atom. The second-order valence-electron chi connectivity index (χ2n) is 8.08. The molecule has 0 radical (unpaired) electrons. The summed E-state index contributed by atoms with van der Waals surface area (Å²) in [4.78, 5) is 7.24. The molecule has 7 heteroatoms. The van der Waals surface area contributed by atoms with Crippen LogP contribution < -0.4 is 15.4 Å². The van der Waals surface area contributed by atoms with Gasteiger partial charge in [-0.25, -0.2) is 4.99 Å². The average molecular weight is 553 g/mol. The van der Waals surface area contributed by atoms with Gasteiger partial charge in [0.25, 0.3) is 0 Å². The molecule has 1 aliphatic rings. The molecule has 0 aliphatic carbocycles. The Bertz CT molecular complexity index is 851. The third-order valence-corrected chi connectivity index (χ3v) is 5.40. The lowest BCUT2D eigenvalue weighted by molar-refractivity contribution is -0.0705. The van der Waals surface area contributed by atoms with Crippen molar-refractivity contribution in [3.05, 3.63) is 65.2 Å². The van der Waals surface area contributed by atoms with Crippen LogP contribution >= 0.6 is 24.0 Å². The minimum Gasteiger partial charge on any atom is -0.496 e. The molecule has 0 saturated carbocycles. The van der Waals surface area contributed by atoms with Crippen molar-refractivity contribution in [2.75, 3.05) is 26.7 Å². The summed E-state index contributed by atoms with van der Waals surface area (Å²) in [5, 5.41) is 6.84. The smallest absolute Gasteiger partial charge is 0.191 e. The molecule has 0 aromatic heterocycles. The predicted molar refractivity (Wildman–Crippen MR) is 142 cm³/mol. The standard InChI is InChI=1S/C25H36N4O2.HI/c1-5-26-25(28-15-22-11-8-9-13-24(22)30-4)27-14-21-10-6-7-12-23(21)18-29-16-19(2)31-20(3)17-29;/h6-13,19-20H,5,14-18H2,1-4H3,(H2,26,27,28);1H. The summed E-state index contributed by atoms with van der Waals surface area (Å²) in [6.45, 7) is 11.3. The quantitative estimate of drug-likeness (QED) is 0.293. The number of hydrogen-bond donors (Lipinski definition) is 2. The highest BCUT2D eigenvalue weighted by Crippen LogP contribution is 2.19. The molecule has 2 atom stereocenters. The van der Waals surface area contributed by atoms with E-state index in [-0.39, 0.29) is 36.2 Å². The number of ether oxygens (including phenoxy) is 2. The van der Waals surface area contributed by atoms with Gasteiger partial charge in [0.1, 0.15) is 5.75 Å². The molecule has 0 amide bonds. The van der Waals surface area contributed by atoms with Gasteiger partial charge in [0.05, 0.1) is 25.9 Å². The number of para-hydroxylation sites is 1. The van der Waals surface area contributed by atoms with Crippen molar-refractivity contribution in [2.24, 2.45) is 4.99 Å². The van der Waals surface area contributed by atoms with Gasteiger partial charge >= 0.3 is 0 Å². The molecule has 176 valence electrons. The summed E-state index contributed by atoms with van der Waals surface area (Å²) in [5.41, 5.74) is 3.70. The van der Waals surface area contributed by atoms with Crippen molar-refractivity contribution in [1.29, 1.82) is 0 Å². The van der Waals surface area contributed by atoms with Gasteiger partial charge in [-0.05, 0) is 38.0 Å². The highest BCUT2D eigenvalue weighted by molar-refractivity contribution is 14.0. The highest BCUT2D eigenvalue weighted by Gasteiger charge is 2.22. The largest absolute Gasteiger partial charge is 0.496 e. The van der Waals surface area contributed by atoms with Crippen LogP contribution in [0.4, 0.5) is 0 Å². The SMILES string of the molecule is CCNC(=NCc1ccccc1OC)NCc1ccccc1CN1CC(C)OC(C)C1.I. The number of hydrogen-bond acceptors (Lipinski definition) is 4. The van der Waals surface area contributed by atoms with Gasteiger partial charge in [-0.2, -0.15) is 0 Å². The van der Waals surface area contributed by atoms with Crippen LogP contribution in [-0.2, 0) is 24.4 Å². The van der Waals surface area contributed by atoms with E-state index in [9.17, 15) is 0 Å². The number of benzene rings is 2. The third-order valence-electron chi connectivity index (χ3n) is 5.40. The zero-order valence-corrected chi connectivity index (χ0v) is 22.0. The number of nitrogens with one attached hydrogen (secondary N) is 2. The summed E-state index contributed by atoms with van der Waals surface area (Å²) < 4.78 is 11.3. The number of guanidine groups is 1. The molecule has 2 aromatic rings. The maximum Gasteiger partial charge on any atom is 0.191 e. The lowest BCUT2D eigenvalue weighted by Gasteiger charge is -2.35. The molecular weight excluding hydrogens is 515 g/mol. The summed E-state index contributed by atoms with van der Waals surface area (Å²) in [6, 6.07) is 16.6. The lowest BCUT2D eigenvalue weighted by atomic mass is 10.1. The van der Waals surface area contributed by atoms with Crippen LogP contribution in [0.2, 0.25) is 0 Å². The Morgan fingerprint density at radius 1 is 1.00 bits per heavy atom. The first-order valence-electron chi connectivity index (χ1n) is 11.2. The number of rotatable bonds is 8. The Kier molecular flexibility index (Phi) is 11.3. The lowest BCUT2D eigenvalue weighted by Crippen LogP contribution is -2.45. The Balaban J connectivity index is 0.00000363. The van der Waals surface area contributed by atoms with E-state index in [0.717, 1.165) is 50.0 Å². The van der Waals surface area contributed by atoms with Gasteiger partial charge in [-0.3, -0.25) is 4.90 Å². The van der Waals surface area contributed by atoms with Crippen molar-refractivity contribution in [3.63, 3.8) is 0 Å². The first-order chi connectivity index (χ1) is 15.1. The van der Waals surface area contributed by atoms with E-state index < -0.39 is 0 Å². The van der Waals surface area contributed by atoms with Crippen LogP contribution in [0.1, 0.15) is 37.5 Å². The zero-order valence-electron chi connectivity index (χ0n) is 19.6. The second kappa shape index (κ2) is 13.6. The zero-order chi connectivity index (χ0) is 22.1. The van der Waals surface area contributed by atoms with Gasteiger partial charge in [-0.15, -0.1) is 24.0 Å². The summed E-state index contributed by atoms with van der Waals surface area (Å²) in [7, 11) is 1.69. The average Bonchev–Trinajstić information content (AvgIpc) is 2.76. The number of nitrogens with zero attached hydrogens (tertiary/aromatic N) is 2. The number of halogens is 1. The van der Waals surface area contributed by atoms with E-state index in [2.05, 4.69) is 60.6 Å². The van der Waals surface area contributed by atoms with Gasteiger partial charge < -0.3 is 20.1 Å². The fourth-order valence-electron chi connectivity index (χ4n) is 4.06. The second-order valence-corrected chi connectivity index (χ2v) is 8.08. The van der Waals surface area contributed by atoms with Gasteiger partial charge in [0, 0.05) is 38.3 Å². The maximum absolute atomic E-state index is 5.88. The normalized spacial score (nSPS) is 19.2. The van der Waals surface area contributed by atoms with Crippen molar-refractivity contribution < 1.29 is 9.47 Å². The minimum absolute atomic E-state index is 0. The summed E-state index contributed by atoms with van der Waals surface area (Å²) >= 11 is 0. The molecule has 0 spiro atoms. The Morgan fingerprint density at radius 2 is 1.62 bits per heavy atom. The highest BCUT2D eigenvalue weighted by atomic mass is 127. The predicted octanol–water partition coefficient (Wildman–Crippen LogP) is 4.18. The fourth-order valence-corrected chi connectivity index (χ4v) is 4.06. The Hall–Kier alpha value is -1.84. The molecule has 1 fully saturated rings. The first kappa shape index (κ1) is 26.4. The maximum atomic E-state index is 5.88. The van der Waals surface area contributed by atoms with Crippen LogP contribution in [0.25, 0.3) is 0 Å². The van der Waals surface area contributed by atoms with Crippen LogP contribution in [-0.4, -0.2) is 49.8 Å². The molecule has 6 nitrogen and oxygen atoms in total. The number of aliphatic imine (C=N–C) groups is 1. The van der Waals surface area contributed by atoms with Crippen molar-refractivity contribution in [2.45, 2.75) is 52.6 Å². The summed E-state index contributed by atoms with van der Waals surface area (Å²) in [5.74, 6) is 1.67. The molecule has 32 heavy (non-hydrogen) atoms. The van der Waals surface area contributed by atoms with E-state index in [1.54, 1.807) is 7.11 Å². The minimum atomic E-state index is 0. The third kappa shape index (κ3) is 7.94. The van der Waals surface area contributed by atoms with Gasteiger partial charge in [0.15, 0.2) is 5.96 Å². The van der Waals surface area contributed by atoms with E-state index >= 15 is 0 Å². The monoisotopic (exact) mass is 552 g/mol. The van der Waals surface area contributed by atoms with E-state index in [4.69, 9.17) is 14.5 Å². The van der Waals surface area contributed by atoms with Crippen molar-refractivity contribution in [1.82, 2.24) is 15.5 Å². The first-order valence-corrected chi connectivity index (χ1v) is 11.2. The molecule has 3 rings (SSSR count). The molecule has 1 saturated heterocycles. The molecule has 0 bridgehead atoms. The van der Waals surface area contributed by atoms with Gasteiger partial charge in [-0.1, -0.05) is 42.5 Å². The topological polar surface area (TPSA) is 58.1 Å². The number of morpholine rings is 1. The Labute approximate surface area is 209 Å². The fraction of sp³-hybridized carbons (Fsp3) is 0.480. The van der Waals surface area contributed by atoms with Crippen LogP contribution in [0.5, 0.6) is 5.75 Å². The van der Waals surface area contributed by atoms with E-state index in [1.165, 1.54) is 11.1 Å². The molecule has 2 aromatic carbocycles. The van der Waals surface area contributed by atoms with Crippen LogP contribution in [0.15, 0.2) is 53.5 Å². The molecule has 2 unspecified atom stereocenters. The number of methoxy groups -OCH3 is 1. The van der Waals surface area contributed by atoms with E-state index in [1.807, 2.05) is 24.3 Å². The van der Waals surface area contributed by atoms with Crippen LogP contribution in [0.3, 0.4) is 0 Å². The van der Waals surface area contributed by atoms with Gasteiger partial charge in [0.2, 0.25) is 0 Å². The van der Waals surface area contributed by atoms with E-state index in [0.29, 0.717) is 6.54 Å².